The average molecular weight is 280 g/mol. The standard InChI is InChI=1S/C14H24N4O2/c1-4-15-12-8-14(17-13(16-12)10-19-5-2)18-6-7-20-9-11(18)3/h8,11H,4-7,9-10H2,1-3H3,(H,15,16,17). The summed E-state index contributed by atoms with van der Waals surface area (Å²) in [7, 11) is 0. The Morgan fingerprint density at radius 3 is 3.00 bits per heavy atom. The molecule has 1 aromatic heterocycles. The van der Waals surface area contributed by atoms with Gasteiger partial charge in [0, 0.05) is 25.8 Å². The highest BCUT2D eigenvalue weighted by atomic mass is 16.5. The molecule has 2 rings (SSSR count). The van der Waals surface area contributed by atoms with Crippen LogP contribution in [-0.4, -0.2) is 48.9 Å². The van der Waals surface area contributed by atoms with Gasteiger partial charge in [-0.05, 0) is 20.8 Å². The van der Waals surface area contributed by atoms with Gasteiger partial charge in [-0.2, -0.15) is 0 Å². The lowest BCUT2D eigenvalue weighted by Gasteiger charge is -2.34. The fraction of sp³-hybridized carbons (Fsp3) is 0.714. The third-order valence-corrected chi connectivity index (χ3v) is 3.21. The molecule has 112 valence electrons. The van der Waals surface area contributed by atoms with Crippen LogP contribution in [0.4, 0.5) is 11.6 Å². The summed E-state index contributed by atoms with van der Waals surface area (Å²) in [5, 5.41) is 3.25. The van der Waals surface area contributed by atoms with Crippen LogP contribution < -0.4 is 10.2 Å². The van der Waals surface area contributed by atoms with Crippen LogP contribution in [0.15, 0.2) is 6.07 Å². The van der Waals surface area contributed by atoms with Gasteiger partial charge in [-0.3, -0.25) is 0 Å². The summed E-state index contributed by atoms with van der Waals surface area (Å²) in [6.07, 6.45) is 0. The van der Waals surface area contributed by atoms with Crippen LogP contribution in [0.5, 0.6) is 0 Å². The van der Waals surface area contributed by atoms with Crippen LogP contribution in [-0.2, 0) is 16.1 Å². The molecule has 0 aromatic carbocycles. The Labute approximate surface area is 120 Å². The van der Waals surface area contributed by atoms with Crippen molar-refractivity contribution in [1.82, 2.24) is 9.97 Å². The lowest BCUT2D eigenvalue weighted by Crippen LogP contribution is -2.44. The van der Waals surface area contributed by atoms with Gasteiger partial charge in [0.1, 0.15) is 18.2 Å². The molecule has 1 aliphatic rings. The van der Waals surface area contributed by atoms with E-state index in [1.807, 2.05) is 13.0 Å². The molecule has 1 aliphatic heterocycles. The van der Waals surface area contributed by atoms with Gasteiger partial charge in [0.15, 0.2) is 5.82 Å². The number of ether oxygens (including phenoxy) is 2. The van der Waals surface area contributed by atoms with Crippen molar-refractivity contribution in [1.29, 1.82) is 0 Å². The second-order valence-corrected chi connectivity index (χ2v) is 4.81. The smallest absolute Gasteiger partial charge is 0.158 e. The molecule has 1 aromatic rings. The minimum atomic E-state index is 0.327. The quantitative estimate of drug-likeness (QED) is 0.855. The molecular formula is C14H24N4O2. The molecule has 0 amide bonds. The van der Waals surface area contributed by atoms with Crippen molar-refractivity contribution in [2.24, 2.45) is 0 Å². The first-order valence-electron chi connectivity index (χ1n) is 7.28. The lowest BCUT2D eigenvalue weighted by atomic mass is 10.2. The zero-order chi connectivity index (χ0) is 14.4. The zero-order valence-electron chi connectivity index (χ0n) is 12.6. The molecule has 1 fully saturated rings. The molecule has 1 unspecified atom stereocenters. The number of nitrogens with one attached hydrogen (secondary N) is 1. The Kier molecular flexibility index (Phi) is 5.55. The highest BCUT2D eigenvalue weighted by molar-refractivity contribution is 5.50. The molecule has 1 atom stereocenters. The van der Waals surface area contributed by atoms with Crippen molar-refractivity contribution in [3.8, 4) is 0 Å². The highest BCUT2D eigenvalue weighted by Crippen LogP contribution is 2.20. The van der Waals surface area contributed by atoms with Crippen LogP contribution in [0.3, 0.4) is 0 Å². The molecule has 0 spiro atoms. The molecule has 1 N–H and O–H groups in total. The maximum Gasteiger partial charge on any atom is 0.158 e. The van der Waals surface area contributed by atoms with Crippen molar-refractivity contribution < 1.29 is 9.47 Å². The molecule has 0 saturated carbocycles. The summed E-state index contributed by atoms with van der Waals surface area (Å²) in [6.45, 7) is 10.5. The van der Waals surface area contributed by atoms with Crippen molar-refractivity contribution >= 4 is 11.6 Å². The fourth-order valence-corrected chi connectivity index (χ4v) is 2.23. The molecule has 6 heteroatoms. The van der Waals surface area contributed by atoms with Crippen LogP contribution in [0.25, 0.3) is 0 Å². The molecule has 0 aliphatic carbocycles. The van der Waals surface area contributed by atoms with Gasteiger partial charge >= 0.3 is 0 Å². The Balaban J connectivity index is 2.22. The monoisotopic (exact) mass is 280 g/mol. The molecule has 6 nitrogen and oxygen atoms in total. The molecular weight excluding hydrogens is 256 g/mol. The molecule has 0 bridgehead atoms. The average Bonchev–Trinajstić information content (AvgIpc) is 2.46. The first-order chi connectivity index (χ1) is 9.74. The van der Waals surface area contributed by atoms with Crippen LogP contribution >= 0.6 is 0 Å². The number of morpholine rings is 1. The van der Waals surface area contributed by atoms with Gasteiger partial charge in [-0.25, -0.2) is 9.97 Å². The summed E-state index contributed by atoms with van der Waals surface area (Å²) >= 11 is 0. The Morgan fingerprint density at radius 2 is 2.30 bits per heavy atom. The van der Waals surface area contributed by atoms with Crippen LogP contribution in [0.1, 0.15) is 26.6 Å². The van der Waals surface area contributed by atoms with Crippen LogP contribution in [0.2, 0.25) is 0 Å². The molecule has 20 heavy (non-hydrogen) atoms. The van der Waals surface area contributed by atoms with Crippen molar-refractivity contribution in [3.63, 3.8) is 0 Å². The summed E-state index contributed by atoms with van der Waals surface area (Å²) in [6, 6.07) is 2.33. The second-order valence-electron chi connectivity index (χ2n) is 4.81. The van der Waals surface area contributed by atoms with Crippen molar-refractivity contribution in [3.05, 3.63) is 11.9 Å². The minimum Gasteiger partial charge on any atom is -0.377 e. The Bertz CT molecular complexity index is 428. The number of nitrogens with zero attached hydrogens (tertiary/aromatic N) is 3. The third kappa shape index (κ3) is 3.80. The largest absolute Gasteiger partial charge is 0.377 e. The van der Waals surface area contributed by atoms with E-state index in [1.165, 1.54) is 0 Å². The maximum absolute atomic E-state index is 5.48. The summed E-state index contributed by atoms with van der Waals surface area (Å²) in [5.41, 5.74) is 0. The van der Waals surface area contributed by atoms with E-state index in [4.69, 9.17) is 9.47 Å². The van der Waals surface area contributed by atoms with E-state index in [0.29, 0.717) is 19.3 Å². The third-order valence-electron chi connectivity index (χ3n) is 3.21. The summed E-state index contributed by atoms with van der Waals surface area (Å²) in [4.78, 5) is 11.4. The Morgan fingerprint density at radius 1 is 1.45 bits per heavy atom. The van der Waals surface area contributed by atoms with Crippen molar-refractivity contribution in [2.75, 3.05) is 43.1 Å². The van der Waals surface area contributed by atoms with Gasteiger partial charge in [-0.1, -0.05) is 0 Å². The number of rotatable bonds is 6. The van der Waals surface area contributed by atoms with Crippen LogP contribution in [0, 0.1) is 0 Å². The lowest BCUT2D eigenvalue weighted by molar-refractivity contribution is 0.0982. The Hall–Kier alpha value is -1.40. The number of hydrogen-bond acceptors (Lipinski definition) is 6. The van der Waals surface area contributed by atoms with Gasteiger partial charge < -0.3 is 19.7 Å². The van der Waals surface area contributed by atoms with E-state index in [9.17, 15) is 0 Å². The van der Waals surface area contributed by atoms with E-state index >= 15 is 0 Å². The second kappa shape index (κ2) is 7.40. The minimum absolute atomic E-state index is 0.327. The number of aromatic nitrogens is 2. The van der Waals surface area contributed by atoms with Gasteiger partial charge in [0.2, 0.25) is 0 Å². The molecule has 2 heterocycles. The van der Waals surface area contributed by atoms with E-state index in [-0.39, 0.29) is 0 Å². The highest BCUT2D eigenvalue weighted by Gasteiger charge is 2.21. The molecule has 0 radical (unpaired) electrons. The van der Waals surface area contributed by atoms with E-state index < -0.39 is 0 Å². The summed E-state index contributed by atoms with van der Waals surface area (Å²) < 4.78 is 10.9. The SMILES string of the molecule is CCNc1cc(N2CCOCC2C)nc(COCC)n1. The zero-order valence-corrected chi connectivity index (χ0v) is 12.6. The van der Waals surface area contributed by atoms with Gasteiger partial charge in [-0.15, -0.1) is 0 Å². The predicted molar refractivity (Wildman–Crippen MR) is 79.2 cm³/mol. The van der Waals surface area contributed by atoms with Crippen molar-refractivity contribution in [2.45, 2.75) is 33.4 Å². The maximum atomic E-state index is 5.48. The fourth-order valence-electron chi connectivity index (χ4n) is 2.23. The van der Waals surface area contributed by atoms with E-state index in [1.54, 1.807) is 0 Å². The first-order valence-corrected chi connectivity index (χ1v) is 7.28. The summed E-state index contributed by atoms with van der Waals surface area (Å²) in [5.74, 6) is 2.52. The van der Waals surface area contributed by atoms with E-state index in [0.717, 1.165) is 43.8 Å². The number of hydrogen-bond donors (Lipinski definition) is 1. The molecule has 1 saturated heterocycles. The predicted octanol–water partition coefficient (Wildman–Crippen LogP) is 1.67. The van der Waals surface area contributed by atoms with Gasteiger partial charge in [0.25, 0.3) is 0 Å². The van der Waals surface area contributed by atoms with Gasteiger partial charge in [0.05, 0.1) is 19.3 Å². The first kappa shape index (κ1) is 15.0. The normalized spacial score (nSPS) is 19.1. The number of anilines is 2. The topological polar surface area (TPSA) is 59.5 Å². The van der Waals surface area contributed by atoms with E-state index in [2.05, 4.69) is 34.0 Å².